The summed E-state index contributed by atoms with van der Waals surface area (Å²) in [6.07, 6.45) is 4.82. The first kappa shape index (κ1) is 8.81. The van der Waals surface area contributed by atoms with E-state index in [4.69, 9.17) is 10.8 Å². The molecular weight excluding hydrogens is 150 g/mol. The van der Waals surface area contributed by atoms with Crippen LogP contribution in [0.3, 0.4) is 0 Å². The van der Waals surface area contributed by atoms with E-state index in [9.17, 15) is 0 Å². The lowest BCUT2D eigenvalue weighted by Gasteiger charge is -1.93. The molecule has 1 aromatic rings. The van der Waals surface area contributed by atoms with Gasteiger partial charge in [-0.1, -0.05) is 24.3 Å². The van der Waals surface area contributed by atoms with Crippen LogP contribution >= 0.6 is 0 Å². The lowest BCUT2D eigenvalue weighted by atomic mass is 10.2. The summed E-state index contributed by atoms with van der Waals surface area (Å²) in [5.74, 6) is 0.296. The van der Waals surface area contributed by atoms with Gasteiger partial charge in [0.1, 0.15) is 5.75 Å². The molecule has 0 bridgehead atoms. The van der Waals surface area contributed by atoms with Gasteiger partial charge in [-0.3, -0.25) is 0 Å². The van der Waals surface area contributed by atoms with Crippen molar-refractivity contribution in [2.24, 2.45) is 5.73 Å². The van der Waals surface area contributed by atoms with E-state index in [-0.39, 0.29) is 0 Å². The Balaban J connectivity index is 2.63. The van der Waals surface area contributed by atoms with Gasteiger partial charge in [-0.2, -0.15) is 0 Å². The summed E-state index contributed by atoms with van der Waals surface area (Å²) in [7, 11) is 0. The van der Waals surface area contributed by atoms with Crippen LogP contribution in [0.4, 0.5) is 0 Å². The number of phenolic OH excluding ortho intramolecular Hbond substituents is 1. The molecule has 0 saturated heterocycles. The molecule has 0 fully saturated rings. The Bertz CT molecular complexity index is 268. The molecule has 0 aliphatic heterocycles. The minimum Gasteiger partial charge on any atom is -0.508 e. The third kappa shape index (κ3) is 2.76. The third-order valence-electron chi connectivity index (χ3n) is 1.51. The van der Waals surface area contributed by atoms with Crippen molar-refractivity contribution in [3.8, 4) is 5.75 Å². The lowest BCUT2D eigenvalue weighted by molar-refractivity contribution is 0.475. The van der Waals surface area contributed by atoms with Crippen molar-refractivity contribution in [3.05, 3.63) is 35.9 Å². The molecule has 0 aliphatic rings. The van der Waals surface area contributed by atoms with Crippen molar-refractivity contribution in [2.45, 2.75) is 6.42 Å². The Morgan fingerprint density at radius 1 is 1.42 bits per heavy atom. The number of nitrogens with two attached hydrogens (primary N) is 1. The predicted molar refractivity (Wildman–Crippen MR) is 50.8 cm³/mol. The maximum atomic E-state index is 9.11. The molecule has 0 spiro atoms. The summed E-state index contributed by atoms with van der Waals surface area (Å²) in [4.78, 5) is 0. The highest BCUT2D eigenvalue weighted by atomic mass is 16.3. The van der Waals surface area contributed by atoms with E-state index in [0.29, 0.717) is 12.3 Å². The lowest BCUT2D eigenvalue weighted by Crippen LogP contribution is -1.94. The number of hydrogen-bond acceptors (Lipinski definition) is 2. The van der Waals surface area contributed by atoms with E-state index >= 15 is 0 Å². The zero-order chi connectivity index (χ0) is 8.81. The van der Waals surface area contributed by atoms with Crippen LogP contribution in [0.1, 0.15) is 12.0 Å². The van der Waals surface area contributed by atoms with Gasteiger partial charge in [-0.15, -0.1) is 0 Å². The van der Waals surface area contributed by atoms with Crippen molar-refractivity contribution in [2.75, 3.05) is 6.54 Å². The average molecular weight is 163 g/mol. The molecule has 0 amide bonds. The van der Waals surface area contributed by atoms with Crippen molar-refractivity contribution in [3.63, 3.8) is 0 Å². The van der Waals surface area contributed by atoms with Gasteiger partial charge in [0.05, 0.1) is 0 Å². The van der Waals surface area contributed by atoms with Crippen LogP contribution in [-0.4, -0.2) is 11.7 Å². The summed E-state index contributed by atoms with van der Waals surface area (Å²) < 4.78 is 0. The summed E-state index contributed by atoms with van der Waals surface area (Å²) in [6.45, 7) is 0.662. The molecule has 3 N–H and O–H groups in total. The van der Waals surface area contributed by atoms with Gasteiger partial charge >= 0.3 is 0 Å². The first-order valence-electron chi connectivity index (χ1n) is 3.98. The van der Waals surface area contributed by atoms with E-state index in [1.165, 1.54) is 0 Å². The van der Waals surface area contributed by atoms with E-state index in [0.717, 1.165) is 12.0 Å². The van der Waals surface area contributed by atoms with Crippen LogP contribution in [0, 0.1) is 0 Å². The van der Waals surface area contributed by atoms with Crippen LogP contribution in [0.15, 0.2) is 30.3 Å². The minimum absolute atomic E-state index is 0.296. The first-order chi connectivity index (χ1) is 5.83. The number of hydrogen-bond donors (Lipinski definition) is 2. The second-order valence-electron chi connectivity index (χ2n) is 2.57. The van der Waals surface area contributed by atoms with E-state index < -0.39 is 0 Å². The Labute approximate surface area is 72.3 Å². The second kappa shape index (κ2) is 4.57. The maximum absolute atomic E-state index is 9.11. The fourth-order valence-corrected chi connectivity index (χ4v) is 0.944. The first-order valence-corrected chi connectivity index (χ1v) is 3.98. The molecule has 0 aromatic heterocycles. The molecule has 0 atom stereocenters. The van der Waals surface area contributed by atoms with Gasteiger partial charge in [0, 0.05) is 0 Å². The Morgan fingerprint density at radius 2 is 2.25 bits per heavy atom. The predicted octanol–water partition coefficient (Wildman–Crippen LogP) is 1.75. The summed E-state index contributed by atoms with van der Waals surface area (Å²) >= 11 is 0. The highest BCUT2D eigenvalue weighted by Gasteiger charge is 1.87. The van der Waals surface area contributed by atoms with Gasteiger partial charge < -0.3 is 10.8 Å². The van der Waals surface area contributed by atoms with Crippen LogP contribution in [0.2, 0.25) is 0 Å². The fraction of sp³-hybridized carbons (Fsp3) is 0.200. The summed E-state index contributed by atoms with van der Waals surface area (Å²) in [5, 5.41) is 9.11. The number of phenols is 1. The molecular formula is C10H13NO. The van der Waals surface area contributed by atoms with Crippen LogP contribution in [0.25, 0.3) is 6.08 Å². The molecule has 1 aromatic carbocycles. The van der Waals surface area contributed by atoms with Gasteiger partial charge in [-0.05, 0) is 30.7 Å². The largest absolute Gasteiger partial charge is 0.508 e. The van der Waals surface area contributed by atoms with Crippen LogP contribution in [-0.2, 0) is 0 Å². The smallest absolute Gasteiger partial charge is 0.116 e. The molecule has 1 rings (SSSR count). The normalized spacial score (nSPS) is 10.8. The highest BCUT2D eigenvalue weighted by molar-refractivity contribution is 5.51. The number of benzene rings is 1. The average Bonchev–Trinajstić information content (AvgIpc) is 2.05. The third-order valence-corrected chi connectivity index (χ3v) is 1.51. The summed E-state index contributed by atoms with van der Waals surface area (Å²) in [6, 6.07) is 7.12. The molecule has 64 valence electrons. The molecule has 0 aliphatic carbocycles. The van der Waals surface area contributed by atoms with Crippen molar-refractivity contribution >= 4 is 6.08 Å². The molecule has 2 heteroatoms. The number of rotatable bonds is 3. The molecule has 0 heterocycles. The van der Waals surface area contributed by atoms with Gasteiger partial charge in [0.25, 0.3) is 0 Å². The molecule has 12 heavy (non-hydrogen) atoms. The van der Waals surface area contributed by atoms with Crippen molar-refractivity contribution in [1.82, 2.24) is 0 Å². The van der Waals surface area contributed by atoms with Crippen molar-refractivity contribution in [1.29, 1.82) is 0 Å². The monoisotopic (exact) mass is 163 g/mol. The molecule has 0 saturated carbocycles. The van der Waals surface area contributed by atoms with E-state index in [1.54, 1.807) is 12.1 Å². The number of aromatic hydroxyl groups is 1. The molecule has 0 unspecified atom stereocenters. The Kier molecular flexibility index (Phi) is 3.35. The second-order valence-corrected chi connectivity index (χ2v) is 2.57. The van der Waals surface area contributed by atoms with Gasteiger partial charge in [0.2, 0.25) is 0 Å². The van der Waals surface area contributed by atoms with Gasteiger partial charge in [0.15, 0.2) is 0 Å². The Hall–Kier alpha value is -1.28. The molecule has 2 nitrogen and oxygen atoms in total. The van der Waals surface area contributed by atoms with Crippen molar-refractivity contribution < 1.29 is 5.11 Å². The van der Waals surface area contributed by atoms with Crippen LogP contribution in [0.5, 0.6) is 5.75 Å². The highest BCUT2D eigenvalue weighted by Crippen LogP contribution is 2.11. The van der Waals surface area contributed by atoms with Crippen LogP contribution < -0.4 is 5.73 Å². The zero-order valence-corrected chi connectivity index (χ0v) is 6.90. The van der Waals surface area contributed by atoms with Gasteiger partial charge in [-0.25, -0.2) is 0 Å². The Morgan fingerprint density at radius 3 is 2.92 bits per heavy atom. The van der Waals surface area contributed by atoms with E-state index in [1.807, 2.05) is 24.3 Å². The molecule has 0 radical (unpaired) electrons. The zero-order valence-electron chi connectivity index (χ0n) is 6.90. The maximum Gasteiger partial charge on any atom is 0.116 e. The quantitative estimate of drug-likeness (QED) is 0.713. The minimum atomic E-state index is 0.296. The fourth-order valence-electron chi connectivity index (χ4n) is 0.944. The summed E-state index contributed by atoms with van der Waals surface area (Å²) in [5.41, 5.74) is 6.33. The standard InChI is InChI=1S/C10H13NO/c11-7-2-1-4-9-5-3-6-10(12)8-9/h1,3-6,8,12H,2,7,11H2/b4-1+. The topological polar surface area (TPSA) is 46.2 Å². The van der Waals surface area contributed by atoms with E-state index in [2.05, 4.69) is 0 Å². The SMILES string of the molecule is NCC/C=C/c1cccc(O)c1.